The van der Waals surface area contributed by atoms with Crippen molar-refractivity contribution in [3.05, 3.63) is 0 Å². The molecule has 78 valence electrons. The van der Waals surface area contributed by atoms with Gasteiger partial charge < -0.3 is 10.2 Å². The van der Waals surface area contributed by atoms with E-state index in [0.29, 0.717) is 0 Å². The minimum atomic E-state index is 0.749. The van der Waals surface area contributed by atoms with Gasteiger partial charge in [0.15, 0.2) is 0 Å². The first-order chi connectivity index (χ1) is 6.36. The maximum atomic E-state index is 3.63. The summed E-state index contributed by atoms with van der Waals surface area (Å²) in [5.41, 5.74) is 0. The quantitative estimate of drug-likeness (QED) is 0.717. The number of hydrogen-bond donors (Lipinski definition) is 1. The lowest BCUT2D eigenvalue weighted by Crippen LogP contribution is -2.37. The van der Waals surface area contributed by atoms with Gasteiger partial charge in [-0.25, -0.2) is 0 Å². The van der Waals surface area contributed by atoms with E-state index in [4.69, 9.17) is 0 Å². The molecule has 0 aromatic carbocycles. The Morgan fingerprint density at radius 1 is 1.31 bits per heavy atom. The van der Waals surface area contributed by atoms with Gasteiger partial charge in [0.2, 0.25) is 0 Å². The molecule has 1 atom stereocenters. The molecule has 1 rings (SSSR count). The van der Waals surface area contributed by atoms with Gasteiger partial charge in [0, 0.05) is 12.6 Å². The zero-order valence-corrected chi connectivity index (χ0v) is 9.18. The average Bonchev–Trinajstić information content (AvgIpc) is 2.32. The summed E-state index contributed by atoms with van der Waals surface area (Å²) < 4.78 is 0. The fourth-order valence-electron chi connectivity index (χ4n) is 2.14. The van der Waals surface area contributed by atoms with Crippen LogP contribution in [0.4, 0.5) is 0 Å². The summed E-state index contributed by atoms with van der Waals surface area (Å²) in [6.07, 6.45) is 5.25. The molecule has 0 aromatic heterocycles. The van der Waals surface area contributed by atoms with Crippen LogP contribution >= 0.6 is 0 Å². The SMILES string of the molecule is CCCC1CN(CCC)CCCN1. The first-order valence-electron chi connectivity index (χ1n) is 5.82. The Hall–Kier alpha value is -0.0800. The molecule has 1 saturated heterocycles. The van der Waals surface area contributed by atoms with Crippen LogP contribution < -0.4 is 5.32 Å². The summed E-state index contributed by atoms with van der Waals surface area (Å²) in [6, 6.07) is 0.749. The lowest BCUT2D eigenvalue weighted by molar-refractivity contribution is 0.263. The first kappa shape index (κ1) is 11.0. The van der Waals surface area contributed by atoms with Crippen LogP contribution in [0.3, 0.4) is 0 Å². The summed E-state index contributed by atoms with van der Waals surface area (Å²) in [6.45, 7) is 9.60. The van der Waals surface area contributed by atoms with Crippen molar-refractivity contribution in [1.82, 2.24) is 10.2 Å². The van der Waals surface area contributed by atoms with Gasteiger partial charge in [-0.05, 0) is 38.9 Å². The Balaban J connectivity index is 2.30. The van der Waals surface area contributed by atoms with Crippen molar-refractivity contribution in [3.8, 4) is 0 Å². The Morgan fingerprint density at radius 2 is 2.15 bits per heavy atom. The van der Waals surface area contributed by atoms with Gasteiger partial charge in [-0.1, -0.05) is 20.3 Å². The van der Waals surface area contributed by atoms with Gasteiger partial charge in [-0.15, -0.1) is 0 Å². The minimum Gasteiger partial charge on any atom is -0.313 e. The third kappa shape index (κ3) is 4.10. The predicted molar refractivity (Wildman–Crippen MR) is 58.0 cm³/mol. The van der Waals surface area contributed by atoms with Gasteiger partial charge in [-0.3, -0.25) is 0 Å². The Bertz CT molecular complexity index is 111. The first-order valence-corrected chi connectivity index (χ1v) is 5.82. The Morgan fingerprint density at radius 3 is 2.85 bits per heavy atom. The van der Waals surface area contributed by atoms with E-state index in [9.17, 15) is 0 Å². The Kier molecular flexibility index (Phi) is 5.40. The van der Waals surface area contributed by atoms with E-state index in [1.807, 2.05) is 0 Å². The predicted octanol–water partition coefficient (Wildman–Crippen LogP) is 1.86. The molecule has 2 heteroatoms. The zero-order valence-electron chi connectivity index (χ0n) is 9.18. The highest BCUT2D eigenvalue weighted by Crippen LogP contribution is 2.05. The van der Waals surface area contributed by atoms with E-state index in [1.54, 1.807) is 0 Å². The summed E-state index contributed by atoms with van der Waals surface area (Å²) in [7, 11) is 0. The van der Waals surface area contributed by atoms with Crippen LogP contribution in [0.25, 0.3) is 0 Å². The second-order valence-electron chi connectivity index (χ2n) is 4.09. The van der Waals surface area contributed by atoms with Crippen molar-refractivity contribution in [2.45, 2.75) is 45.6 Å². The largest absolute Gasteiger partial charge is 0.313 e. The molecule has 0 amide bonds. The molecule has 0 saturated carbocycles. The van der Waals surface area contributed by atoms with Gasteiger partial charge in [0.1, 0.15) is 0 Å². The fraction of sp³-hybridized carbons (Fsp3) is 1.00. The topological polar surface area (TPSA) is 15.3 Å². The van der Waals surface area contributed by atoms with Crippen LogP contribution in [0.15, 0.2) is 0 Å². The van der Waals surface area contributed by atoms with Crippen LogP contribution in [0.5, 0.6) is 0 Å². The second kappa shape index (κ2) is 6.39. The van der Waals surface area contributed by atoms with Gasteiger partial charge in [-0.2, -0.15) is 0 Å². The number of nitrogens with zero attached hydrogens (tertiary/aromatic N) is 1. The molecule has 1 aliphatic rings. The number of rotatable bonds is 4. The standard InChI is InChI=1S/C11H24N2/c1-3-6-11-10-13(8-4-2)9-5-7-12-11/h11-12H,3-10H2,1-2H3. The van der Waals surface area contributed by atoms with E-state index < -0.39 is 0 Å². The molecular formula is C11H24N2. The number of hydrogen-bond acceptors (Lipinski definition) is 2. The normalized spacial score (nSPS) is 25.8. The lowest BCUT2D eigenvalue weighted by Gasteiger charge is -2.23. The van der Waals surface area contributed by atoms with E-state index in [2.05, 4.69) is 24.1 Å². The van der Waals surface area contributed by atoms with Gasteiger partial charge >= 0.3 is 0 Å². The highest BCUT2D eigenvalue weighted by molar-refractivity contribution is 4.75. The summed E-state index contributed by atoms with van der Waals surface area (Å²) in [5, 5.41) is 3.63. The number of nitrogens with one attached hydrogen (secondary N) is 1. The van der Waals surface area contributed by atoms with Crippen LogP contribution in [0.1, 0.15) is 39.5 Å². The fourth-order valence-corrected chi connectivity index (χ4v) is 2.14. The molecule has 0 bridgehead atoms. The third-order valence-corrected chi connectivity index (χ3v) is 2.74. The highest BCUT2D eigenvalue weighted by Gasteiger charge is 2.15. The van der Waals surface area contributed by atoms with E-state index >= 15 is 0 Å². The summed E-state index contributed by atoms with van der Waals surface area (Å²) >= 11 is 0. The third-order valence-electron chi connectivity index (χ3n) is 2.74. The minimum absolute atomic E-state index is 0.749. The van der Waals surface area contributed by atoms with E-state index in [-0.39, 0.29) is 0 Å². The van der Waals surface area contributed by atoms with Crippen LogP contribution in [0, 0.1) is 0 Å². The van der Waals surface area contributed by atoms with Gasteiger partial charge in [0.05, 0.1) is 0 Å². The lowest BCUT2D eigenvalue weighted by atomic mass is 10.1. The molecule has 0 aliphatic carbocycles. The van der Waals surface area contributed by atoms with Crippen molar-refractivity contribution in [2.75, 3.05) is 26.2 Å². The molecule has 1 fully saturated rings. The molecule has 1 unspecified atom stereocenters. The molecule has 0 radical (unpaired) electrons. The van der Waals surface area contributed by atoms with Crippen molar-refractivity contribution >= 4 is 0 Å². The average molecular weight is 184 g/mol. The zero-order chi connectivity index (χ0) is 9.52. The molecule has 1 heterocycles. The van der Waals surface area contributed by atoms with Crippen LogP contribution in [0.2, 0.25) is 0 Å². The van der Waals surface area contributed by atoms with E-state index in [1.165, 1.54) is 51.9 Å². The van der Waals surface area contributed by atoms with Crippen molar-refractivity contribution < 1.29 is 0 Å². The molecule has 13 heavy (non-hydrogen) atoms. The molecule has 2 nitrogen and oxygen atoms in total. The van der Waals surface area contributed by atoms with Crippen molar-refractivity contribution in [2.24, 2.45) is 0 Å². The molecular weight excluding hydrogens is 160 g/mol. The van der Waals surface area contributed by atoms with Gasteiger partial charge in [0.25, 0.3) is 0 Å². The highest BCUT2D eigenvalue weighted by atomic mass is 15.2. The van der Waals surface area contributed by atoms with Crippen molar-refractivity contribution in [1.29, 1.82) is 0 Å². The monoisotopic (exact) mass is 184 g/mol. The molecule has 0 spiro atoms. The molecule has 0 aromatic rings. The van der Waals surface area contributed by atoms with E-state index in [0.717, 1.165) is 6.04 Å². The maximum Gasteiger partial charge on any atom is 0.0194 e. The Labute approximate surface area is 82.7 Å². The smallest absolute Gasteiger partial charge is 0.0194 e. The van der Waals surface area contributed by atoms with Crippen molar-refractivity contribution in [3.63, 3.8) is 0 Å². The van der Waals surface area contributed by atoms with Crippen LogP contribution in [-0.4, -0.2) is 37.1 Å². The summed E-state index contributed by atoms with van der Waals surface area (Å²) in [5.74, 6) is 0. The van der Waals surface area contributed by atoms with Crippen LogP contribution in [-0.2, 0) is 0 Å². The molecule has 1 N–H and O–H groups in total. The summed E-state index contributed by atoms with van der Waals surface area (Å²) in [4.78, 5) is 2.61. The molecule has 1 aliphatic heterocycles. The second-order valence-corrected chi connectivity index (χ2v) is 4.09. The maximum absolute atomic E-state index is 3.63.